The fourth-order valence-corrected chi connectivity index (χ4v) is 1.80. The summed E-state index contributed by atoms with van der Waals surface area (Å²) in [4.78, 5) is 25.6. The summed E-state index contributed by atoms with van der Waals surface area (Å²) in [7, 11) is 1.20. The van der Waals surface area contributed by atoms with Gasteiger partial charge in [0.1, 0.15) is 0 Å². The first-order valence-corrected chi connectivity index (χ1v) is 6.74. The molecule has 0 aliphatic carbocycles. The molecule has 0 fully saturated rings. The second-order valence-corrected chi connectivity index (χ2v) is 4.68. The van der Waals surface area contributed by atoms with Crippen molar-refractivity contribution in [3.8, 4) is 5.75 Å². The fourth-order valence-electron chi connectivity index (χ4n) is 1.80. The van der Waals surface area contributed by atoms with Crippen molar-refractivity contribution in [3.05, 3.63) is 45.8 Å². The molecule has 1 heterocycles. The quantitative estimate of drug-likeness (QED) is 0.362. The van der Waals surface area contributed by atoms with E-state index in [0.29, 0.717) is 11.3 Å². The zero-order valence-corrected chi connectivity index (χ0v) is 13.0. The first kappa shape index (κ1) is 16.9. The van der Waals surface area contributed by atoms with Crippen LogP contribution < -0.4 is 10.5 Å². The number of aromatic nitrogens is 2. The number of imidazole rings is 1. The van der Waals surface area contributed by atoms with Gasteiger partial charge in [0.25, 0.3) is 0 Å². The largest absolute Gasteiger partial charge is 0.475 e. The highest BCUT2D eigenvalue weighted by molar-refractivity contribution is 5.81. The first-order valence-electron chi connectivity index (χ1n) is 6.74. The lowest BCUT2D eigenvalue weighted by Gasteiger charge is -2.06. The zero-order valence-electron chi connectivity index (χ0n) is 13.0. The van der Waals surface area contributed by atoms with Gasteiger partial charge in [0.15, 0.2) is 12.4 Å². The molecular weight excluding hydrogens is 318 g/mol. The number of nitrogens with zero attached hydrogens (tertiary/aromatic N) is 4. The average molecular weight is 333 g/mol. The highest BCUT2D eigenvalue weighted by Crippen LogP contribution is 2.27. The molecule has 2 aromatic rings. The highest BCUT2D eigenvalue weighted by Gasteiger charge is 2.17. The second kappa shape index (κ2) is 7.22. The van der Waals surface area contributed by atoms with Crippen LogP contribution in [0.5, 0.6) is 5.75 Å². The number of aryl methyl sites for hydroxylation is 1. The van der Waals surface area contributed by atoms with Crippen LogP contribution in [-0.2, 0) is 9.53 Å². The number of anilines is 1. The van der Waals surface area contributed by atoms with Crippen molar-refractivity contribution in [1.29, 1.82) is 0 Å². The van der Waals surface area contributed by atoms with Gasteiger partial charge in [-0.15, -0.1) is 0 Å². The van der Waals surface area contributed by atoms with Gasteiger partial charge in [-0.25, -0.2) is 14.5 Å². The van der Waals surface area contributed by atoms with E-state index in [-0.39, 0.29) is 17.4 Å². The minimum Gasteiger partial charge on any atom is -0.475 e. The zero-order chi connectivity index (χ0) is 17.7. The summed E-state index contributed by atoms with van der Waals surface area (Å²) in [6.07, 6.45) is 3.02. The molecule has 0 bridgehead atoms. The Morgan fingerprint density at radius 2 is 2.29 bits per heavy atom. The van der Waals surface area contributed by atoms with Crippen molar-refractivity contribution in [1.82, 2.24) is 9.66 Å². The molecule has 0 amide bonds. The number of hydrogen-bond acceptors (Lipinski definition) is 8. The molecule has 0 saturated carbocycles. The van der Waals surface area contributed by atoms with E-state index in [1.807, 2.05) is 0 Å². The van der Waals surface area contributed by atoms with Gasteiger partial charge in [-0.1, -0.05) is 0 Å². The minimum atomic E-state index is -0.638. The van der Waals surface area contributed by atoms with Crippen LogP contribution in [0, 0.1) is 17.0 Å². The van der Waals surface area contributed by atoms with Crippen LogP contribution in [0.4, 0.5) is 11.6 Å². The Morgan fingerprint density at radius 1 is 1.54 bits per heavy atom. The summed E-state index contributed by atoms with van der Waals surface area (Å²) >= 11 is 0. The van der Waals surface area contributed by atoms with Gasteiger partial charge in [0, 0.05) is 11.6 Å². The van der Waals surface area contributed by atoms with Crippen molar-refractivity contribution in [2.24, 2.45) is 5.10 Å². The second-order valence-electron chi connectivity index (χ2n) is 4.68. The van der Waals surface area contributed by atoms with Crippen molar-refractivity contribution in [2.45, 2.75) is 6.92 Å². The molecule has 0 unspecified atom stereocenters. The van der Waals surface area contributed by atoms with Gasteiger partial charge in [-0.3, -0.25) is 10.1 Å². The van der Waals surface area contributed by atoms with Crippen molar-refractivity contribution < 1.29 is 19.2 Å². The number of carbonyl (C=O) groups is 1. The number of nitrogen functional groups attached to an aromatic ring is 1. The molecule has 0 aliphatic rings. The number of ether oxygens (including phenoxy) is 2. The first-order chi connectivity index (χ1) is 11.4. The molecular formula is C14H15N5O5. The standard InChI is InChI=1S/C14H15N5O5/c1-9-7-18(14(15)17-9)16-6-10-3-4-12(11(5-10)19(21)22)24-8-13(20)23-2/h3-7H,8H2,1-2H3,(H2,15,17). The van der Waals surface area contributed by atoms with Crippen molar-refractivity contribution in [2.75, 3.05) is 19.5 Å². The van der Waals surface area contributed by atoms with Gasteiger partial charge < -0.3 is 15.2 Å². The predicted octanol–water partition coefficient (Wildman–Crippen LogP) is 1.12. The number of carbonyl (C=O) groups excluding carboxylic acids is 1. The maximum absolute atomic E-state index is 11.1. The number of nitro groups is 1. The van der Waals surface area contributed by atoms with E-state index >= 15 is 0 Å². The van der Waals surface area contributed by atoms with Crippen LogP contribution in [0.15, 0.2) is 29.5 Å². The summed E-state index contributed by atoms with van der Waals surface area (Å²) in [5.41, 5.74) is 6.51. The highest BCUT2D eigenvalue weighted by atomic mass is 16.6. The average Bonchev–Trinajstić information content (AvgIpc) is 2.88. The molecule has 2 rings (SSSR count). The molecule has 0 atom stereocenters. The van der Waals surface area contributed by atoms with Crippen LogP contribution in [0.1, 0.15) is 11.3 Å². The monoisotopic (exact) mass is 333 g/mol. The Balaban J connectivity index is 2.23. The topological polar surface area (TPSA) is 135 Å². The SMILES string of the molecule is COC(=O)COc1ccc(C=Nn2cc(C)nc2N)cc1[N+](=O)[O-]. The van der Waals surface area contributed by atoms with E-state index in [9.17, 15) is 14.9 Å². The molecule has 2 N–H and O–H groups in total. The van der Waals surface area contributed by atoms with E-state index in [4.69, 9.17) is 10.5 Å². The Labute approximate surface area is 136 Å². The lowest BCUT2D eigenvalue weighted by molar-refractivity contribution is -0.385. The lowest BCUT2D eigenvalue weighted by atomic mass is 10.2. The van der Waals surface area contributed by atoms with Gasteiger partial charge in [0.2, 0.25) is 5.95 Å². The number of methoxy groups -OCH3 is 1. The number of hydrogen-bond donors (Lipinski definition) is 1. The molecule has 0 saturated heterocycles. The molecule has 0 spiro atoms. The Morgan fingerprint density at radius 3 is 2.88 bits per heavy atom. The van der Waals surface area contributed by atoms with Crippen molar-refractivity contribution >= 4 is 23.8 Å². The van der Waals surface area contributed by atoms with Crippen molar-refractivity contribution in [3.63, 3.8) is 0 Å². The van der Waals surface area contributed by atoms with E-state index in [2.05, 4.69) is 14.8 Å². The minimum absolute atomic E-state index is 0.0412. The third-order valence-electron chi connectivity index (χ3n) is 2.92. The van der Waals surface area contributed by atoms with Gasteiger partial charge in [-0.05, 0) is 19.1 Å². The van der Waals surface area contributed by atoms with Crippen LogP contribution in [0.3, 0.4) is 0 Å². The number of esters is 1. The maximum atomic E-state index is 11.1. The fraction of sp³-hybridized carbons (Fsp3) is 0.214. The van der Waals surface area contributed by atoms with E-state index in [1.54, 1.807) is 19.2 Å². The third-order valence-corrected chi connectivity index (χ3v) is 2.92. The molecule has 1 aromatic heterocycles. The van der Waals surface area contributed by atoms with Crippen LogP contribution in [0.25, 0.3) is 0 Å². The molecule has 1 aromatic carbocycles. The Hall–Kier alpha value is -3.43. The lowest BCUT2D eigenvalue weighted by Crippen LogP contribution is -2.13. The Bertz CT molecular complexity index is 799. The van der Waals surface area contributed by atoms with E-state index in [1.165, 1.54) is 30.1 Å². The molecule has 126 valence electrons. The van der Waals surface area contributed by atoms with E-state index < -0.39 is 17.5 Å². The molecule has 24 heavy (non-hydrogen) atoms. The normalized spacial score (nSPS) is 10.8. The Kier molecular flexibility index (Phi) is 5.09. The molecule has 10 nitrogen and oxygen atoms in total. The molecule has 10 heteroatoms. The van der Waals surface area contributed by atoms with Gasteiger partial charge in [0.05, 0.1) is 30.1 Å². The third kappa shape index (κ3) is 4.06. The summed E-state index contributed by atoms with van der Waals surface area (Å²) in [6, 6.07) is 4.21. The summed E-state index contributed by atoms with van der Waals surface area (Å²) in [6.45, 7) is 1.34. The smallest absolute Gasteiger partial charge is 0.343 e. The number of nitrogens with two attached hydrogens (primary N) is 1. The van der Waals surface area contributed by atoms with Gasteiger partial charge in [-0.2, -0.15) is 5.10 Å². The molecule has 0 radical (unpaired) electrons. The summed E-state index contributed by atoms with van der Waals surface area (Å²) < 4.78 is 10.9. The van der Waals surface area contributed by atoms with Crippen LogP contribution in [0.2, 0.25) is 0 Å². The van der Waals surface area contributed by atoms with Crippen LogP contribution >= 0.6 is 0 Å². The maximum Gasteiger partial charge on any atom is 0.343 e. The van der Waals surface area contributed by atoms with Gasteiger partial charge >= 0.3 is 11.7 Å². The molecule has 0 aliphatic heterocycles. The van der Waals surface area contributed by atoms with Crippen LogP contribution in [-0.4, -0.2) is 40.5 Å². The number of rotatable bonds is 6. The number of nitro benzene ring substituents is 1. The summed E-state index contributed by atoms with van der Waals surface area (Å²) in [5.74, 6) is -0.474. The predicted molar refractivity (Wildman–Crippen MR) is 85.0 cm³/mol. The number of benzene rings is 1. The summed E-state index contributed by atoms with van der Waals surface area (Å²) in [5, 5.41) is 15.2. The van der Waals surface area contributed by atoms with E-state index in [0.717, 1.165) is 0 Å².